The van der Waals surface area contributed by atoms with Crippen LogP contribution < -0.4 is 10.2 Å². The summed E-state index contributed by atoms with van der Waals surface area (Å²) >= 11 is 0. The van der Waals surface area contributed by atoms with Crippen molar-refractivity contribution in [1.82, 2.24) is 5.32 Å². The van der Waals surface area contributed by atoms with Crippen molar-refractivity contribution in [3.8, 4) is 0 Å². The maximum Gasteiger partial charge on any atom is 0.228 e. The second kappa shape index (κ2) is 5.53. The highest BCUT2D eigenvalue weighted by Crippen LogP contribution is 2.21. The molecule has 1 fully saturated rings. The van der Waals surface area contributed by atoms with Crippen LogP contribution >= 0.6 is 0 Å². The summed E-state index contributed by atoms with van der Waals surface area (Å²) in [6.07, 6.45) is 1.58. The van der Waals surface area contributed by atoms with E-state index in [1.807, 2.05) is 4.90 Å². The molecule has 0 aliphatic carbocycles. The molecule has 0 radical (unpaired) electrons. The summed E-state index contributed by atoms with van der Waals surface area (Å²) in [4.78, 5) is 14.2. The van der Waals surface area contributed by atoms with Gasteiger partial charge in [0.2, 0.25) is 5.91 Å². The zero-order chi connectivity index (χ0) is 13.1. The van der Waals surface area contributed by atoms with Gasteiger partial charge in [-0.1, -0.05) is 6.07 Å². The molecular formula is C15H22N2O. The second-order valence-electron chi connectivity index (χ2n) is 5.30. The van der Waals surface area contributed by atoms with E-state index >= 15 is 0 Å². The Hall–Kier alpha value is -1.35. The van der Waals surface area contributed by atoms with E-state index in [-0.39, 0.29) is 11.9 Å². The van der Waals surface area contributed by atoms with Crippen molar-refractivity contribution in [2.24, 2.45) is 0 Å². The van der Waals surface area contributed by atoms with E-state index in [1.54, 1.807) is 0 Å². The van der Waals surface area contributed by atoms with Crippen LogP contribution in [0, 0.1) is 13.8 Å². The fraction of sp³-hybridized carbons (Fsp3) is 0.533. The largest absolute Gasteiger partial charge is 0.314 e. The Bertz CT molecular complexity index is 422. The number of anilines is 1. The Morgan fingerprint density at radius 2 is 1.89 bits per heavy atom. The van der Waals surface area contributed by atoms with E-state index in [4.69, 9.17) is 0 Å². The third-order valence-corrected chi connectivity index (χ3v) is 3.35. The predicted octanol–water partition coefficient (Wildman–Crippen LogP) is 2.41. The van der Waals surface area contributed by atoms with E-state index < -0.39 is 0 Å². The van der Waals surface area contributed by atoms with Crippen LogP contribution in [0.5, 0.6) is 0 Å². The molecule has 1 N–H and O–H groups in total. The minimum Gasteiger partial charge on any atom is -0.314 e. The molecule has 0 spiro atoms. The molecule has 1 aromatic carbocycles. The van der Waals surface area contributed by atoms with Gasteiger partial charge in [0.25, 0.3) is 0 Å². The molecule has 3 nitrogen and oxygen atoms in total. The first-order valence-corrected chi connectivity index (χ1v) is 6.68. The number of rotatable bonds is 1. The number of carbonyl (C=O) groups excluding carboxylic acids is 1. The van der Waals surface area contributed by atoms with Gasteiger partial charge in [-0.15, -0.1) is 0 Å². The molecule has 1 aliphatic rings. The highest BCUT2D eigenvalue weighted by atomic mass is 16.2. The zero-order valence-corrected chi connectivity index (χ0v) is 11.5. The summed E-state index contributed by atoms with van der Waals surface area (Å²) in [5.74, 6) is 0.222. The standard InChI is InChI=1S/C15H22N2O/c1-11-7-12(2)9-14(8-11)17-6-4-5-16-13(3)10-15(17)18/h7-9,13,16H,4-6,10H2,1-3H3. The molecule has 1 saturated heterocycles. The third-order valence-electron chi connectivity index (χ3n) is 3.35. The molecule has 1 heterocycles. The van der Waals surface area contributed by atoms with Gasteiger partial charge in [-0.3, -0.25) is 4.79 Å². The van der Waals surface area contributed by atoms with Gasteiger partial charge in [-0.25, -0.2) is 0 Å². The SMILES string of the molecule is Cc1cc(C)cc(N2CCCNC(C)CC2=O)c1. The topological polar surface area (TPSA) is 32.3 Å². The summed E-state index contributed by atoms with van der Waals surface area (Å²) in [6, 6.07) is 6.61. The number of benzene rings is 1. The van der Waals surface area contributed by atoms with Crippen molar-refractivity contribution in [1.29, 1.82) is 0 Å². The molecule has 1 aliphatic heterocycles. The van der Waals surface area contributed by atoms with Gasteiger partial charge in [0.05, 0.1) is 0 Å². The summed E-state index contributed by atoms with van der Waals surface area (Å²) in [6.45, 7) is 8.02. The van der Waals surface area contributed by atoms with Crippen LogP contribution in [0.4, 0.5) is 5.69 Å². The molecule has 1 unspecified atom stereocenters. The molecule has 98 valence electrons. The number of hydrogen-bond acceptors (Lipinski definition) is 2. The lowest BCUT2D eigenvalue weighted by Gasteiger charge is -2.28. The first-order chi connectivity index (χ1) is 8.56. The molecule has 1 aromatic rings. The van der Waals surface area contributed by atoms with Crippen LogP contribution in [0.25, 0.3) is 0 Å². The van der Waals surface area contributed by atoms with E-state index in [9.17, 15) is 4.79 Å². The molecular weight excluding hydrogens is 224 g/mol. The van der Waals surface area contributed by atoms with Crippen molar-refractivity contribution >= 4 is 11.6 Å². The Kier molecular flexibility index (Phi) is 4.02. The van der Waals surface area contributed by atoms with E-state index in [0.29, 0.717) is 6.42 Å². The highest BCUT2D eigenvalue weighted by molar-refractivity contribution is 5.94. The summed E-state index contributed by atoms with van der Waals surface area (Å²) in [7, 11) is 0. The van der Waals surface area contributed by atoms with Gasteiger partial charge >= 0.3 is 0 Å². The van der Waals surface area contributed by atoms with Crippen molar-refractivity contribution in [2.75, 3.05) is 18.0 Å². The molecule has 1 atom stereocenters. The normalized spacial score (nSPS) is 21.6. The van der Waals surface area contributed by atoms with Gasteiger partial charge in [0, 0.05) is 24.7 Å². The number of carbonyl (C=O) groups is 1. The van der Waals surface area contributed by atoms with Crippen LogP contribution in [-0.2, 0) is 4.79 Å². The number of nitrogens with zero attached hydrogens (tertiary/aromatic N) is 1. The fourth-order valence-corrected chi connectivity index (χ4v) is 2.53. The molecule has 3 heteroatoms. The van der Waals surface area contributed by atoms with Crippen LogP contribution in [-0.4, -0.2) is 25.0 Å². The highest BCUT2D eigenvalue weighted by Gasteiger charge is 2.20. The fourth-order valence-electron chi connectivity index (χ4n) is 2.53. The molecule has 1 amide bonds. The second-order valence-corrected chi connectivity index (χ2v) is 5.30. The first-order valence-electron chi connectivity index (χ1n) is 6.68. The van der Waals surface area contributed by atoms with Crippen molar-refractivity contribution < 1.29 is 4.79 Å². The number of hydrogen-bond donors (Lipinski definition) is 1. The lowest BCUT2D eigenvalue weighted by atomic mass is 10.1. The van der Waals surface area contributed by atoms with Gasteiger partial charge < -0.3 is 10.2 Å². The maximum absolute atomic E-state index is 12.3. The van der Waals surface area contributed by atoms with E-state index in [0.717, 1.165) is 25.2 Å². The number of nitrogens with one attached hydrogen (secondary N) is 1. The van der Waals surface area contributed by atoms with Crippen LogP contribution in [0.3, 0.4) is 0 Å². The lowest BCUT2D eigenvalue weighted by Crippen LogP contribution is -2.42. The van der Waals surface area contributed by atoms with Crippen molar-refractivity contribution in [3.05, 3.63) is 29.3 Å². The van der Waals surface area contributed by atoms with Crippen LogP contribution in [0.15, 0.2) is 18.2 Å². The lowest BCUT2D eigenvalue weighted by molar-refractivity contribution is -0.119. The summed E-state index contributed by atoms with van der Waals surface area (Å²) in [5, 5.41) is 3.36. The molecule has 0 aromatic heterocycles. The van der Waals surface area contributed by atoms with Gasteiger partial charge in [-0.2, -0.15) is 0 Å². The Morgan fingerprint density at radius 3 is 2.56 bits per heavy atom. The zero-order valence-electron chi connectivity index (χ0n) is 11.5. The Balaban J connectivity index is 2.25. The van der Waals surface area contributed by atoms with Crippen LogP contribution in [0.1, 0.15) is 30.9 Å². The van der Waals surface area contributed by atoms with Crippen LogP contribution in [0.2, 0.25) is 0 Å². The van der Waals surface area contributed by atoms with E-state index in [1.165, 1.54) is 11.1 Å². The summed E-state index contributed by atoms with van der Waals surface area (Å²) in [5.41, 5.74) is 3.48. The average Bonchev–Trinajstić information content (AvgIpc) is 2.24. The Labute approximate surface area is 109 Å². The number of amides is 1. The minimum atomic E-state index is 0.222. The predicted molar refractivity (Wildman–Crippen MR) is 75.0 cm³/mol. The first kappa shape index (κ1) is 13.1. The van der Waals surface area contributed by atoms with E-state index in [2.05, 4.69) is 44.3 Å². The van der Waals surface area contributed by atoms with Gasteiger partial charge in [0.1, 0.15) is 0 Å². The van der Waals surface area contributed by atoms with Gasteiger partial charge in [0.15, 0.2) is 0 Å². The molecule has 18 heavy (non-hydrogen) atoms. The maximum atomic E-state index is 12.3. The quantitative estimate of drug-likeness (QED) is 0.825. The smallest absolute Gasteiger partial charge is 0.228 e. The number of aryl methyl sites for hydroxylation is 2. The summed E-state index contributed by atoms with van der Waals surface area (Å²) < 4.78 is 0. The van der Waals surface area contributed by atoms with Crippen molar-refractivity contribution in [3.63, 3.8) is 0 Å². The molecule has 2 rings (SSSR count). The average molecular weight is 246 g/mol. The van der Waals surface area contributed by atoms with Gasteiger partial charge in [-0.05, 0) is 57.0 Å². The van der Waals surface area contributed by atoms with Crippen molar-refractivity contribution in [2.45, 2.75) is 39.7 Å². The monoisotopic (exact) mass is 246 g/mol. The molecule has 0 saturated carbocycles. The third kappa shape index (κ3) is 3.10. The minimum absolute atomic E-state index is 0.222. The molecule has 0 bridgehead atoms. The Morgan fingerprint density at radius 1 is 1.22 bits per heavy atom.